The smallest absolute Gasteiger partial charge is 0.205 e. The Hall–Kier alpha value is -3.62. The van der Waals surface area contributed by atoms with Gasteiger partial charge in [0.25, 0.3) is 0 Å². The molecule has 0 aliphatic heterocycles. The van der Waals surface area contributed by atoms with Crippen molar-refractivity contribution in [3.05, 3.63) is 94.0 Å². The van der Waals surface area contributed by atoms with Gasteiger partial charge in [0.1, 0.15) is 5.82 Å². The summed E-state index contributed by atoms with van der Waals surface area (Å²) in [6.45, 7) is 2.81. The summed E-state index contributed by atoms with van der Waals surface area (Å²) >= 11 is 12.3. The third-order valence-corrected chi connectivity index (χ3v) is 6.61. The van der Waals surface area contributed by atoms with Gasteiger partial charge in [-0.2, -0.15) is 10.3 Å². The molecule has 0 amide bonds. The number of unbranched alkanes of at least 4 members (excludes halogenated alkanes) is 1. The molecule has 1 N–H and O–H groups in total. The average Bonchev–Trinajstić information content (AvgIpc) is 3.53. The van der Waals surface area contributed by atoms with Crippen molar-refractivity contribution in [3.8, 4) is 28.2 Å². The molecule has 5 rings (SSSR count). The molecule has 0 radical (unpaired) electrons. The zero-order valence-electron chi connectivity index (χ0n) is 19.2. The lowest BCUT2D eigenvalue weighted by atomic mass is 9.98. The molecule has 0 fully saturated rings. The Kier molecular flexibility index (Phi) is 6.83. The summed E-state index contributed by atoms with van der Waals surface area (Å²) < 4.78 is 4.52. The van der Waals surface area contributed by atoms with Crippen molar-refractivity contribution in [2.24, 2.45) is 0 Å². The van der Waals surface area contributed by atoms with Gasteiger partial charge < -0.3 is 0 Å². The average molecular weight is 502 g/mol. The fraction of sp³-hybridized carbons (Fsp3) is 0.192. The van der Waals surface area contributed by atoms with Crippen molar-refractivity contribution in [3.63, 3.8) is 0 Å². The van der Waals surface area contributed by atoms with E-state index in [-0.39, 0.29) is 0 Å². The number of nitrogens with zero attached hydrogens (tertiary/aromatic N) is 6. The molecule has 0 atom stereocenters. The highest BCUT2D eigenvalue weighted by Gasteiger charge is 2.15. The van der Waals surface area contributed by atoms with Crippen LogP contribution >= 0.6 is 23.8 Å². The van der Waals surface area contributed by atoms with Gasteiger partial charge in [-0.25, -0.2) is 4.68 Å². The summed E-state index contributed by atoms with van der Waals surface area (Å²) in [5, 5.41) is 20.0. The van der Waals surface area contributed by atoms with Gasteiger partial charge in [0.15, 0.2) is 0 Å². The lowest BCUT2D eigenvalue weighted by molar-refractivity contribution is 0.673. The first-order valence-corrected chi connectivity index (χ1v) is 12.3. The molecule has 0 spiro atoms. The molecule has 7 nitrogen and oxygen atoms in total. The summed E-state index contributed by atoms with van der Waals surface area (Å²) in [6, 6.07) is 24.2. The summed E-state index contributed by atoms with van der Waals surface area (Å²) in [5.74, 6) is 1.53. The number of aromatic amines is 1. The molecule has 0 saturated carbocycles. The Balaban J connectivity index is 1.47. The first kappa shape index (κ1) is 23.1. The Morgan fingerprint density at radius 2 is 1.69 bits per heavy atom. The minimum Gasteiger partial charge on any atom is -0.299 e. The normalized spacial score (nSPS) is 11.1. The first-order valence-electron chi connectivity index (χ1n) is 11.5. The third-order valence-electron chi connectivity index (χ3n) is 5.89. The van der Waals surface area contributed by atoms with E-state index in [1.807, 2.05) is 42.5 Å². The van der Waals surface area contributed by atoms with Crippen LogP contribution in [0.5, 0.6) is 0 Å². The van der Waals surface area contributed by atoms with Gasteiger partial charge in [-0.3, -0.25) is 4.57 Å². The molecule has 0 bridgehead atoms. The van der Waals surface area contributed by atoms with Crippen LogP contribution in [-0.4, -0.2) is 35.0 Å². The predicted molar refractivity (Wildman–Crippen MR) is 140 cm³/mol. The second kappa shape index (κ2) is 10.3. The maximum atomic E-state index is 6.45. The van der Waals surface area contributed by atoms with Crippen LogP contribution in [0, 0.1) is 4.77 Å². The van der Waals surface area contributed by atoms with E-state index < -0.39 is 0 Å². The third kappa shape index (κ3) is 4.80. The van der Waals surface area contributed by atoms with Crippen LogP contribution < -0.4 is 0 Å². The number of aryl methyl sites for hydroxylation is 1. The molecule has 35 heavy (non-hydrogen) atoms. The SMILES string of the molecule is CCCCc1nn(-c2ccccc2Cl)c(=S)n1Cc1ccc(-c2ccccc2-c2nn[nH]n2)cc1. The van der Waals surface area contributed by atoms with E-state index in [1.165, 1.54) is 0 Å². The Morgan fingerprint density at radius 3 is 2.40 bits per heavy atom. The lowest BCUT2D eigenvalue weighted by Crippen LogP contribution is -2.06. The topological polar surface area (TPSA) is 77.2 Å². The lowest BCUT2D eigenvalue weighted by Gasteiger charge is -2.10. The van der Waals surface area contributed by atoms with Crippen molar-refractivity contribution < 1.29 is 0 Å². The maximum Gasteiger partial charge on any atom is 0.205 e. The van der Waals surface area contributed by atoms with Crippen LogP contribution in [0.4, 0.5) is 0 Å². The predicted octanol–water partition coefficient (Wildman–Crippen LogP) is 6.29. The van der Waals surface area contributed by atoms with Crippen LogP contribution in [0.1, 0.15) is 31.2 Å². The molecule has 0 unspecified atom stereocenters. The summed E-state index contributed by atoms with van der Waals surface area (Å²) in [5.41, 5.74) is 4.99. The molecular formula is C26H24ClN7S. The number of hydrogen-bond donors (Lipinski definition) is 1. The zero-order valence-corrected chi connectivity index (χ0v) is 20.8. The van der Waals surface area contributed by atoms with Gasteiger partial charge in [0.2, 0.25) is 10.6 Å². The molecule has 0 aliphatic rings. The number of aromatic nitrogens is 7. The van der Waals surface area contributed by atoms with Crippen molar-refractivity contribution in [2.45, 2.75) is 32.7 Å². The van der Waals surface area contributed by atoms with E-state index in [2.05, 4.69) is 62.4 Å². The molecule has 5 aromatic rings. The van der Waals surface area contributed by atoms with E-state index in [1.54, 1.807) is 4.68 Å². The summed E-state index contributed by atoms with van der Waals surface area (Å²) in [6.07, 6.45) is 2.98. The van der Waals surface area contributed by atoms with Crippen LogP contribution in [-0.2, 0) is 13.0 Å². The summed E-state index contributed by atoms with van der Waals surface area (Å²) in [7, 11) is 0. The molecule has 9 heteroatoms. The van der Waals surface area contributed by atoms with E-state index >= 15 is 0 Å². The van der Waals surface area contributed by atoms with Gasteiger partial charge in [-0.05, 0) is 52.7 Å². The molecule has 3 aromatic carbocycles. The van der Waals surface area contributed by atoms with Crippen LogP contribution in [0.2, 0.25) is 5.02 Å². The Bertz CT molecular complexity index is 1490. The highest BCUT2D eigenvalue weighted by atomic mass is 35.5. The zero-order chi connectivity index (χ0) is 24.2. The minimum atomic E-state index is 0.573. The molecule has 2 heterocycles. The Morgan fingerprint density at radius 1 is 0.943 bits per heavy atom. The van der Waals surface area contributed by atoms with E-state index in [0.29, 0.717) is 22.2 Å². The van der Waals surface area contributed by atoms with E-state index in [4.69, 9.17) is 28.9 Å². The Labute approximate surface area is 213 Å². The van der Waals surface area contributed by atoms with Crippen molar-refractivity contribution in [1.29, 1.82) is 0 Å². The van der Waals surface area contributed by atoms with Crippen molar-refractivity contribution in [1.82, 2.24) is 35.0 Å². The number of hydrogen-bond acceptors (Lipinski definition) is 5. The maximum absolute atomic E-state index is 6.45. The van der Waals surface area contributed by atoms with Crippen LogP contribution in [0.25, 0.3) is 28.2 Å². The van der Waals surface area contributed by atoms with E-state index in [0.717, 1.165) is 53.0 Å². The highest BCUT2D eigenvalue weighted by Crippen LogP contribution is 2.30. The van der Waals surface area contributed by atoms with Crippen molar-refractivity contribution in [2.75, 3.05) is 0 Å². The van der Waals surface area contributed by atoms with Gasteiger partial charge in [-0.15, -0.1) is 10.2 Å². The molecule has 0 saturated heterocycles. The van der Waals surface area contributed by atoms with E-state index in [9.17, 15) is 0 Å². The van der Waals surface area contributed by atoms with Gasteiger partial charge in [0.05, 0.1) is 17.3 Å². The molecular weight excluding hydrogens is 478 g/mol. The van der Waals surface area contributed by atoms with Crippen LogP contribution in [0.3, 0.4) is 0 Å². The summed E-state index contributed by atoms with van der Waals surface area (Å²) in [4.78, 5) is 0. The van der Waals surface area contributed by atoms with Crippen LogP contribution in [0.15, 0.2) is 72.8 Å². The monoisotopic (exact) mass is 501 g/mol. The number of para-hydroxylation sites is 1. The fourth-order valence-electron chi connectivity index (χ4n) is 4.07. The standard InChI is InChI=1S/C26H24ClN7S/c1-2-3-12-24-30-34(23-11-7-6-10-22(23)27)26(35)33(24)17-18-13-15-19(16-14-18)20-8-4-5-9-21(20)25-28-31-32-29-25/h4-11,13-16H,2-3,12,17H2,1H3,(H,28,29,31,32). The first-order chi connectivity index (χ1) is 17.2. The number of tetrazole rings is 1. The van der Waals surface area contributed by atoms with Gasteiger partial charge >= 0.3 is 0 Å². The number of benzene rings is 3. The second-order valence-electron chi connectivity index (χ2n) is 8.23. The molecule has 0 aliphatic carbocycles. The number of rotatable bonds is 8. The minimum absolute atomic E-state index is 0.573. The highest BCUT2D eigenvalue weighted by molar-refractivity contribution is 7.71. The second-order valence-corrected chi connectivity index (χ2v) is 9.00. The molecule has 2 aromatic heterocycles. The number of halogens is 1. The van der Waals surface area contributed by atoms with Crippen molar-refractivity contribution >= 4 is 23.8 Å². The fourth-order valence-corrected chi connectivity index (χ4v) is 4.60. The van der Waals surface area contributed by atoms with Gasteiger partial charge in [0, 0.05) is 12.0 Å². The quantitative estimate of drug-likeness (QED) is 0.253. The largest absolute Gasteiger partial charge is 0.299 e. The van der Waals surface area contributed by atoms with Gasteiger partial charge in [-0.1, -0.05) is 85.6 Å². The number of H-pyrrole nitrogens is 1. The molecule has 176 valence electrons. The number of nitrogens with one attached hydrogen (secondary N) is 1.